The van der Waals surface area contributed by atoms with E-state index in [4.69, 9.17) is 40.4 Å². The summed E-state index contributed by atoms with van der Waals surface area (Å²) in [6.07, 6.45) is -3.48. The molecule has 1 saturated heterocycles. The van der Waals surface area contributed by atoms with Gasteiger partial charge in [0.15, 0.2) is 26.4 Å². The number of hydrogen-bond donors (Lipinski definition) is 3. The predicted octanol–water partition coefficient (Wildman–Crippen LogP) is 0.113. The Kier molecular flexibility index (Phi) is 6.26. The molecule has 4 N–H and O–H groups in total. The maximum Gasteiger partial charge on any atom is 0.325 e. The summed E-state index contributed by atoms with van der Waals surface area (Å²) in [5.41, 5.74) is 5.37. The molecule has 2 aliphatic heterocycles. The minimum absolute atomic E-state index is 0.0403. The van der Waals surface area contributed by atoms with E-state index in [1.165, 1.54) is 0 Å². The van der Waals surface area contributed by atoms with Gasteiger partial charge in [0.05, 0.1) is 19.8 Å². The van der Waals surface area contributed by atoms with Gasteiger partial charge >= 0.3 is 6.72 Å². The second-order valence-electron chi connectivity index (χ2n) is 6.25. The van der Waals surface area contributed by atoms with Gasteiger partial charge in [0, 0.05) is 6.54 Å². The standard InChI is InChI=1S/C13H18FN5O7P2S/c14-9-6-4-24-27-23-2-1-19-8(5-25-28(21,29)26-7(9)3-22-6)16-10-11(19)17-13(15)18-12(10)20/h6-7,9,27H,1-5H2,(H,21,29)(H3,15,17,18,20)/t6-,7+,9-,28?/m1/s1. The summed E-state index contributed by atoms with van der Waals surface area (Å²) < 4.78 is 42.7. The topological polar surface area (TPSA) is 156 Å². The van der Waals surface area contributed by atoms with Crippen LogP contribution >= 0.6 is 15.8 Å². The molecule has 0 spiro atoms. The fourth-order valence-corrected chi connectivity index (χ4v) is 4.80. The number of hydrogen-bond acceptors (Lipinski definition) is 10. The minimum atomic E-state index is -3.82. The molecule has 12 nitrogen and oxygen atoms in total. The van der Waals surface area contributed by atoms with Crippen LogP contribution in [-0.4, -0.2) is 62.6 Å². The van der Waals surface area contributed by atoms with Gasteiger partial charge in [-0.25, -0.2) is 9.37 Å². The lowest BCUT2D eigenvalue weighted by atomic mass is 10.2. The Hall–Kier alpha value is -1.08. The van der Waals surface area contributed by atoms with Crippen molar-refractivity contribution in [3.63, 3.8) is 0 Å². The van der Waals surface area contributed by atoms with E-state index in [-0.39, 0.29) is 64.9 Å². The van der Waals surface area contributed by atoms with Gasteiger partial charge in [-0.15, -0.1) is 0 Å². The summed E-state index contributed by atoms with van der Waals surface area (Å²) in [5, 5.41) is 0. The molecule has 1 fully saturated rings. The van der Waals surface area contributed by atoms with Crippen molar-refractivity contribution >= 4 is 44.7 Å². The van der Waals surface area contributed by atoms with Crippen molar-refractivity contribution in [2.24, 2.45) is 0 Å². The van der Waals surface area contributed by atoms with Crippen molar-refractivity contribution in [2.45, 2.75) is 31.5 Å². The maximum atomic E-state index is 14.4. The fourth-order valence-electron chi connectivity index (χ4n) is 2.97. The lowest BCUT2D eigenvalue weighted by molar-refractivity contribution is 0.0390. The molecule has 29 heavy (non-hydrogen) atoms. The quantitative estimate of drug-likeness (QED) is 0.450. The van der Waals surface area contributed by atoms with Crippen LogP contribution in [0.25, 0.3) is 11.2 Å². The first-order valence-electron chi connectivity index (χ1n) is 8.49. The Morgan fingerprint density at radius 1 is 1.34 bits per heavy atom. The van der Waals surface area contributed by atoms with Crippen LogP contribution in [-0.2, 0) is 47.8 Å². The van der Waals surface area contributed by atoms with Crippen LogP contribution in [0.1, 0.15) is 5.82 Å². The zero-order valence-electron chi connectivity index (χ0n) is 14.8. The normalized spacial score (nSPS) is 32.7. The molecular formula is C13H18FN5O7P2S. The smallest absolute Gasteiger partial charge is 0.325 e. The summed E-state index contributed by atoms with van der Waals surface area (Å²) in [6, 6.07) is 0. The number of alkyl halides is 1. The third-order valence-electron chi connectivity index (χ3n) is 4.30. The SMILES string of the molecule is Nc1nc2c(nc3n2CCOPOC[C@H]2OC[C@H](OP(O)(=S)OC3)[C@@H]2F)c(=O)[nH]1. The van der Waals surface area contributed by atoms with E-state index in [1.807, 2.05) is 0 Å². The van der Waals surface area contributed by atoms with Gasteiger partial charge < -0.3 is 33.5 Å². The third-order valence-corrected chi connectivity index (χ3v) is 6.47. The molecule has 2 aliphatic rings. The van der Waals surface area contributed by atoms with E-state index >= 15 is 0 Å². The van der Waals surface area contributed by atoms with Gasteiger partial charge in [-0.2, -0.15) is 4.98 Å². The molecule has 0 aromatic carbocycles. The Morgan fingerprint density at radius 3 is 3.00 bits per heavy atom. The minimum Gasteiger partial charge on any atom is -0.370 e. The van der Waals surface area contributed by atoms with Crippen LogP contribution in [0.4, 0.5) is 10.3 Å². The van der Waals surface area contributed by atoms with Crippen molar-refractivity contribution in [2.75, 3.05) is 25.6 Å². The number of fused-ring (bicyclic) bond motifs is 5. The Balaban J connectivity index is 1.64. The van der Waals surface area contributed by atoms with Gasteiger partial charge in [-0.1, -0.05) is 0 Å². The van der Waals surface area contributed by atoms with E-state index < -0.39 is 30.7 Å². The highest BCUT2D eigenvalue weighted by Gasteiger charge is 2.41. The number of halogens is 1. The molecular weight excluding hydrogens is 451 g/mol. The van der Waals surface area contributed by atoms with Gasteiger partial charge in [-0.3, -0.25) is 14.3 Å². The molecule has 0 radical (unpaired) electrons. The van der Waals surface area contributed by atoms with Crippen LogP contribution < -0.4 is 11.3 Å². The molecule has 2 unspecified atom stereocenters. The van der Waals surface area contributed by atoms with E-state index in [0.29, 0.717) is 0 Å². The number of nitrogens with zero attached hydrogens (tertiary/aromatic N) is 3. The predicted molar refractivity (Wildman–Crippen MR) is 104 cm³/mol. The number of nitrogens with one attached hydrogen (secondary N) is 1. The van der Waals surface area contributed by atoms with Crippen LogP contribution in [0.2, 0.25) is 0 Å². The van der Waals surface area contributed by atoms with Crippen LogP contribution in [0.3, 0.4) is 0 Å². The van der Waals surface area contributed by atoms with Crippen LogP contribution in [0.5, 0.6) is 0 Å². The Bertz CT molecular complexity index is 1010. The average Bonchev–Trinajstić information content (AvgIpc) is 3.17. The van der Waals surface area contributed by atoms with Crippen molar-refractivity contribution < 1.29 is 32.1 Å². The summed E-state index contributed by atoms with van der Waals surface area (Å²) >= 11 is 4.99. The molecule has 5 atom stereocenters. The van der Waals surface area contributed by atoms with Gasteiger partial charge in [-0.05, 0) is 11.8 Å². The molecule has 4 rings (SSSR count). The Morgan fingerprint density at radius 2 is 2.17 bits per heavy atom. The number of aromatic nitrogens is 4. The average molecular weight is 469 g/mol. The highest BCUT2D eigenvalue weighted by molar-refractivity contribution is 8.07. The molecule has 4 heterocycles. The molecule has 0 saturated carbocycles. The highest BCUT2D eigenvalue weighted by Crippen LogP contribution is 2.47. The van der Waals surface area contributed by atoms with E-state index in [1.54, 1.807) is 4.57 Å². The second kappa shape index (κ2) is 8.58. The van der Waals surface area contributed by atoms with E-state index in [0.717, 1.165) is 0 Å². The first-order chi connectivity index (χ1) is 13.8. The molecule has 0 amide bonds. The number of aromatic amines is 1. The van der Waals surface area contributed by atoms with Crippen molar-refractivity contribution in [1.82, 2.24) is 19.5 Å². The molecule has 0 aliphatic carbocycles. The third kappa shape index (κ3) is 4.66. The summed E-state index contributed by atoms with van der Waals surface area (Å²) in [7, 11) is -0.352. The van der Waals surface area contributed by atoms with Crippen LogP contribution in [0.15, 0.2) is 4.79 Å². The van der Waals surface area contributed by atoms with E-state index in [9.17, 15) is 14.1 Å². The molecule has 160 valence electrons. The zero-order valence-corrected chi connectivity index (χ0v) is 17.5. The van der Waals surface area contributed by atoms with Gasteiger partial charge in [0.25, 0.3) is 5.56 Å². The number of ether oxygens (including phenoxy) is 1. The number of H-pyrrole nitrogens is 1. The molecule has 2 bridgehead atoms. The summed E-state index contributed by atoms with van der Waals surface area (Å²) in [6.45, 7) is -3.83. The number of nitrogens with two attached hydrogens (primary N) is 1. The number of imidazole rings is 1. The highest BCUT2D eigenvalue weighted by atomic mass is 32.5. The second-order valence-corrected chi connectivity index (χ2v) is 9.78. The first-order valence-corrected chi connectivity index (χ1v) is 11.9. The lowest BCUT2D eigenvalue weighted by Gasteiger charge is -2.21. The first kappa shape index (κ1) is 21.2. The van der Waals surface area contributed by atoms with Gasteiger partial charge in [0.1, 0.15) is 24.6 Å². The molecule has 2 aromatic rings. The Labute approximate surface area is 170 Å². The fraction of sp³-hybridized carbons (Fsp3) is 0.615. The number of rotatable bonds is 0. The van der Waals surface area contributed by atoms with E-state index in [2.05, 4.69) is 15.0 Å². The maximum absolute atomic E-state index is 14.4. The summed E-state index contributed by atoms with van der Waals surface area (Å²) in [5.74, 6) is 0.171. The zero-order chi connectivity index (χ0) is 20.6. The largest absolute Gasteiger partial charge is 0.370 e. The number of anilines is 1. The lowest BCUT2D eigenvalue weighted by Crippen LogP contribution is -2.30. The molecule has 16 heteroatoms. The van der Waals surface area contributed by atoms with Crippen molar-refractivity contribution in [3.8, 4) is 0 Å². The van der Waals surface area contributed by atoms with Crippen molar-refractivity contribution in [1.29, 1.82) is 0 Å². The monoisotopic (exact) mass is 469 g/mol. The molecule has 2 aromatic heterocycles. The van der Waals surface area contributed by atoms with Crippen molar-refractivity contribution in [3.05, 3.63) is 16.2 Å². The van der Waals surface area contributed by atoms with Gasteiger partial charge in [0.2, 0.25) is 5.95 Å². The van der Waals surface area contributed by atoms with Crippen LogP contribution in [0, 0.1) is 0 Å². The summed E-state index contributed by atoms with van der Waals surface area (Å²) in [4.78, 5) is 33.1. The number of nitrogen functional groups attached to an aromatic ring is 1.